The molecule has 0 radical (unpaired) electrons. The number of rotatable bonds is 0. The molecule has 3 rings (SSSR count). The number of ether oxygens (including phenoxy) is 1. The normalized spacial score (nSPS) is 54.4. The van der Waals surface area contributed by atoms with Gasteiger partial charge in [-0.1, -0.05) is 13.8 Å². The topological polar surface area (TPSA) is 83.8 Å². The third-order valence-corrected chi connectivity index (χ3v) is 5.44. The van der Waals surface area contributed by atoms with Crippen LogP contribution in [-0.4, -0.2) is 39.8 Å². The lowest BCUT2D eigenvalue weighted by Crippen LogP contribution is -2.62. The molecule has 0 spiro atoms. The zero-order valence-corrected chi connectivity index (χ0v) is 11.9. The van der Waals surface area contributed by atoms with Gasteiger partial charge in [0.25, 0.3) is 0 Å². The van der Waals surface area contributed by atoms with Crippen LogP contribution in [0, 0.1) is 23.2 Å². The summed E-state index contributed by atoms with van der Waals surface area (Å²) >= 11 is 0. The molecular weight excluding hydrogens is 260 g/mol. The summed E-state index contributed by atoms with van der Waals surface area (Å²) in [6.45, 7) is 5.10. The van der Waals surface area contributed by atoms with E-state index in [9.17, 15) is 19.8 Å². The molecule has 1 aliphatic heterocycles. The molecule has 1 saturated carbocycles. The smallest absolute Gasteiger partial charge is 0.309 e. The molecule has 1 saturated heterocycles. The van der Waals surface area contributed by atoms with Crippen LogP contribution in [0.5, 0.6) is 0 Å². The number of ketones is 1. The zero-order chi connectivity index (χ0) is 14.9. The minimum atomic E-state index is -1.23. The summed E-state index contributed by atoms with van der Waals surface area (Å²) in [6.07, 6.45) is 1.72. The van der Waals surface area contributed by atoms with Gasteiger partial charge in [-0.2, -0.15) is 0 Å². The maximum Gasteiger partial charge on any atom is 0.309 e. The van der Waals surface area contributed by atoms with Gasteiger partial charge < -0.3 is 14.9 Å². The molecule has 2 fully saturated rings. The Morgan fingerprint density at radius 1 is 1.35 bits per heavy atom. The van der Waals surface area contributed by atoms with E-state index < -0.39 is 35.1 Å². The Balaban J connectivity index is 2.12. The molecule has 2 aliphatic carbocycles. The largest absolute Gasteiger partial charge is 0.461 e. The van der Waals surface area contributed by atoms with Crippen LogP contribution in [-0.2, 0) is 14.3 Å². The van der Waals surface area contributed by atoms with Crippen molar-refractivity contribution in [2.45, 2.75) is 45.0 Å². The van der Waals surface area contributed by atoms with Crippen molar-refractivity contribution in [3.05, 3.63) is 12.2 Å². The van der Waals surface area contributed by atoms with Gasteiger partial charge in [0.05, 0.1) is 17.6 Å². The van der Waals surface area contributed by atoms with Crippen molar-refractivity contribution in [2.75, 3.05) is 0 Å². The summed E-state index contributed by atoms with van der Waals surface area (Å²) in [6, 6.07) is 0. The number of fused-ring (bicyclic) bond motifs is 3. The van der Waals surface area contributed by atoms with Gasteiger partial charge in [0.1, 0.15) is 6.10 Å². The molecule has 0 aromatic heterocycles. The number of hydrogen-bond donors (Lipinski definition) is 2. The summed E-state index contributed by atoms with van der Waals surface area (Å²) in [5.74, 6) is -1.76. The minimum Gasteiger partial charge on any atom is -0.461 e. The van der Waals surface area contributed by atoms with Crippen LogP contribution < -0.4 is 0 Å². The van der Waals surface area contributed by atoms with E-state index in [1.54, 1.807) is 20.8 Å². The van der Waals surface area contributed by atoms with Gasteiger partial charge in [0.15, 0.2) is 5.78 Å². The van der Waals surface area contributed by atoms with Crippen LogP contribution in [0.3, 0.4) is 0 Å². The summed E-state index contributed by atoms with van der Waals surface area (Å²) in [4.78, 5) is 24.1. The fourth-order valence-electron chi connectivity index (χ4n) is 4.43. The molecule has 0 aromatic rings. The first kappa shape index (κ1) is 13.8. The lowest BCUT2D eigenvalue weighted by molar-refractivity contribution is -0.180. The van der Waals surface area contributed by atoms with E-state index in [2.05, 4.69) is 0 Å². The molecule has 5 heteroatoms. The average molecular weight is 280 g/mol. The summed E-state index contributed by atoms with van der Waals surface area (Å²) in [7, 11) is 0. The Labute approximate surface area is 117 Å². The highest BCUT2D eigenvalue weighted by Gasteiger charge is 2.65. The standard InChI is InChI=1S/C15H20O5/c1-7-10-8(16)6-14(2)9(17)4-5-15(3,19)12(14)11(10)20-13(7)18/h4-5,7-8,10-12,16,19H,6H2,1-3H3. The molecule has 1 heterocycles. The number of aliphatic hydroxyl groups excluding tert-OH is 1. The van der Waals surface area contributed by atoms with Gasteiger partial charge in [-0.3, -0.25) is 9.59 Å². The fraction of sp³-hybridized carbons (Fsp3) is 0.733. The van der Waals surface area contributed by atoms with Crippen molar-refractivity contribution in [3.8, 4) is 0 Å². The van der Waals surface area contributed by atoms with Gasteiger partial charge >= 0.3 is 5.97 Å². The second-order valence-corrected chi connectivity index (χ2v) is 6.86. The maximum atomic E-state index is 12.3. The number of carbonyl (C=O) groups excluding carboxylic acids is 2. The van der Waals surface area contributed by atoms with Gasteiger partial charge in [-0.25, -0.2) is 0 Å². The van der Waals surface area contributed by atoms with E-state index in [-0.39, 0.29) is 24.1 Å². The highest BCUT2D eigenvalue weighted by molar-refractivity contribution is 5.96. The SMILES string of the molecule is CC1C(=O)OC2C1C(O)CC1(C)C(=O)C=CC(C)(O)C21. The van der Waals surface area contributed by atoms with Crippen molar-refractivity contribution in [1.82, 2.24) is 0 Å². The van der Waals surface area contributed by atoms with Crippen molar-refractivity contribution in [3.63, 3.8) is 0 Å². The van der Waals surface area contributed by atoms with Crippen LogP contribution in [0.2, 0.25) is 0 Å². The summed E-state index contributed by atoms with van der Waals surface area (Å²) < 4.78 is 5.42. The molecule has 5 nitrogen and oxygen atoms in total. The highest BCUT2D eigenvalue weighted by Crippen LogP contribution is 2.56. The molecule has 2 N–H and O–H groups in total. The van der Waals surface area contributed by atoms with Crippen molar-refractivity contribution in [2.24, 2.45) is 23.2 Å². The van der Waals surface area contributed by atoms with E-state index in [0.29, 0.717) is 0 Å². The molecule has 20 heavy (non-hydrogen) atoms. The number of allylic oxidation sites excluding steroid dienone is 1. The first-order valence-corrected chi connectivity index (χ1v) is 7.03. The van der Waals surface area contributed by atoms with E-state index in [1.165, 1.54) is 12.2 Å². The van der Waals surface area contributed by atoms with Crippen LogP contribution >= 0.6 is 0 Å². The van der Waals surface area contributed by atoms with Gasteiger partial charge in [-0.05, 0) is 25.5 Å². The van der Waals surface area contributed by atoms with Crippen LogP contribution in [0.1, 0.15) is 27.2 Å². The first-order valence-electron chi connectivity index (χ1n) is 7.03. The van der Waals surface area contributed by atoms with Crippen LogP contribution in [0.25, 0.3) is 0 Å². The first-order chi connectivity index (χ1) is 9.18. The Bertz CT molecular complexity index is 508. The van der Waals surface area contributed by atoms with E-state index in [0.717, 1.165) is 0 Å². The molecule has 0 amide bonds. The molecule has 0 bridgehead atoms. The maximum absolute atomic E-state index is 12.3. The van der Waals surface area contributed by atoms with Gasteiger partial charge in [0, 0.05) is 17.3 Å². The number of carbonyl (C=O) groups is 2. The van der Waals surface area contributed by atoms with Gasteiger partial charge in [-0.15, -0.1) is 0 Å². The second-order valence-electron chi connectivity index (χ2n) is 6.86. The second kappa shape index (κ2) is 3.92. The Morgan fingerprint density at radius 3 is 2.65 bits per heavy atom. The Morgan fingerprint density at radius 2 is 2.00 bits per heavy atom. The third-order valence-electron chi connectivity index (χ3n) is 5.44. The van der Waals surface area contributed by atoms with Crippen molar-refractivity contribution >= 4 is 11.8 Å². The lowest BCUT2D eigenvalue weighted by Gasteiger charge is -2.53. The highest BCUT2D eigenvalue weighted by atomic mass is 16.6. The molecule has 7 atom stereocenters. The van der Waals surface area contributed by atoms with Crippen molar-refractivity contribution < 1.29 is 24.5 Å². The zero-order valence-electron chi connectivity index (χ0n) is 11.9. The van der Waals surface area contributed by atoms with E-state index >= 15 is 0 Å². The average Bonchev–Trinajstić information content (AvgIpc) is 2.60. The third kappa shape index (κ3) is 1.56. The molecule has 7 unspecified atom stereocenters. The molecular formula is C15H20O5. The summed E-state index contributed by atoms with van der Waals surface area (Å²) in [5, 5.41) is 21.0. The number of esters is 1. The van der Waals surface area contributed by atoms with Crippen LogP contribution in [0.15, 0.2) is 12.2 Å². The number of aliphatic hydroxyl groups is 2. The fourth-order valence-corrected chi connectivity index (χ4v) is 4.43. The minimum absolute atomic E-state index is 0.123. The molecule has 3 aliphatic rings. The predicted octanol–water partition coefficient (Wildman–Crippen LogP) is 0.441. The van der Waals surface area contributed by atoms with Crippen molar-refractivity contribution in [1.29, 1.82) is 0 Å². The monoisotopic (exact) mass is 280 g/mol. The quantitative estimate of drug-likeness (QED) is 0.629. The Kier molecular flexibility index (Phi) is 2.70. The molecule has 110 valence electrons. The Hall–Kier alpha value is -1.20. The lowest BCUT2D eigenvalue weighted by atomic mass is 9.52. The van der Waals surface area contributed by atoms with E-state index in [1.807, 2.05) is 0 Å². The van der Waals surface area contributed by atoms with Crippen LogP contribution in [0.4, 0.5) is 0 Å². The van der Waals surface area contributed by atoms with E-state index in [4.69, 9.17) is 4.74 Å². The number of hydrogen-bond acceptors (Lipinski definition) is 5. The summed E-state index contributed by atoms with van der Waals surface area (Å²) in [5.41, 5.74) is -2.13. The van der Waals surface area contributed by atoms with Gasteiger partial charge in [0.2, 0.25) is 0 Å². The molecule has 0 aromatic carbocycles. The predicted molar refractivity (Wildman–Crippen MR) is 69.5 cm³/mol.